The van der Waals surface area contributed by atoms with Crippen molar-refractivity contribution in [2.45, 2.75) is 34.1 Å². The van der Waals surface area contributed by atoms with E-state index < -0.39 is 0 Å². The molecule has 0 amide bonds. The van der Waals surface area contributed by atoms with Crippen molar-refractivity contribution in [2.24, 2.45) is 17.8 Å². The minimum Gasteiger partial charge on any atom is -0.0825 e. The largest absolute Gasteiger partial charge is 0.0825 e. The molecular formula is C10H18. The van der Waals surface area contributed by atoms with Gasteiger partial charge >= 0.3 is 0 Å². The zero-order valence-electron chi connectivity index (χ0n) is 7.52. The van der Waals surface area contributed by atoms with Gasteiger partial charge in [0.1, 0.15) is 0 Å². The van der Waals surface area contributed by atoms with Crippen LogP contribution >= 0.6 is 0 Å². The molecule has 0 aromatic carbocycles. The van der Waals surface area contributed by atoms with Crippen molar-refractivity contribution >= 4 is 0 Å². The van der Waals surface area contributed by atoms with Crippen LogP contribution in [0.15, 0.2) is 11.6 Å². The summed E-state index contributed by atoms with van der Waals surface area (Å²) in [5.74, 6) is 2.56. The zero-order valence-corrected chi connectivity index (χ0v) is 7.52. The molecular weight excluding hydrogens is 120 g/mol. The summed E-state index contributed by atoms with van der Waals surface area (Å²) in [7, 11) is 0. The summed E-state index contributed by atoms with van der Waals surface area (Å²) in [6.07, 6.45) is 3.73. The molecule has 0 aromatic heterocycles. The molecule has 58 valence electrons. The third-order valence-electron chi connectivity index (χ3n) is 2.92. The van der Waals surface area contributed by atoms with E-state index in [0.29, 0.717) is 0 Å². The maximum atomic E-state index is 2.42. The van der Waals surface area contributed by atoms with Crippen molar-refractivity contribution in [3.05, 3.63) is 11.6 Å². The smallest absolute Gasteiger partial charge is 0.0231 e. The van der Waals surface area contributed by atoms with Crippen LogP contribution < -0.4 is 0 Å². The van der Waals surface area contributed by atoms with Gasteiger partial charge in [-0.05, 0) is 31.1 Å². The van der Waals surface area contributed by atoms with Gasteiger partial charge < -0.3 is 0 Å². The van der Waals surface area contributed by atoms with Crippen LogP contribution in [0.1, 0.15) is 34.1 Å². The summed E-state index contributed by atoms with van der Waals surface area (Å²) in [5.41, 5.74) is 1.58. The van der Waals surface area contributed by atoms with Crippen LogP contribution in [0.4, 0.5) is 0 Å². The van der Waals surface area contributed by atoms with E-state index in [2.05, 4.69) is 33.8 Å². The van der Waals surface area contributed by atoms with Crippen molar-refractivity contribution in [2.75, 3.05) is 0 Å². The van der Waals surface area contributed by atoms with Gasteiger partial charge in [0.05, 0.1) is 0 Å². The highest BCUT2D eigenvalue weighted by Gasteiger charge is 2.21. The highest BCUT2D eigenvalue weighted by Crippen LogP contribution is 2.32. The lowest BCUT2D eigenvalue weighted by Crippen LogP contribution is -2.19. The Labute approximate surface area is 64.3 Å². The standard InChI is InChI=1S/C10H18/c1-7-5-8(2)10(4)9(3)6-7/h5,8-10H,6H2,1-4H3/t8-,9-,10-/m1/s1. The molecule has 0 saturated heterocycles. The van der Waals surface area contributed by atoms with Gasteiger partial charge in [-0.3, -0.25) is 0 Å². The molecule has 10 heavy (non-hydrogen) atoms. The first-order valence-electron chi connectivity index (χ1n) is 4.28. The maximum Gasteiger partial charge on any atom is -0.0231 e. The molecule has 0 heteroatoms. The van der Waals surface area contributed by atoms with Crippen LogP contribution in [0.25, 0.3) is 0 Å². The summed E-state index contributed by atoms with van der Waals surface area (Å²) in [6, 6.07) is 0. The van der Waals surface area contributed by atoms with Gasteiger partial charge in [-0.1, -0.05) is 32.4 Å². The quantitative estimate of drug-likeness (QED) is 0.451. The van der Waals surface area contributed by atoms with E-state index in [0.717, 1.165) is 17.8 Å². The van der Waals surface area contributed by atoms with Crippen LogP contribution in [-0.2, 0) is 0 Å². The molecule has 0 spiro atoms. The van der Waals surface area contributed by atoms with Crippen LogP contribution in [0.5, 0.6) is 0 Å². The zero-order chi connectivity index (χ0) is 7.72. The van der Waals surface area contributed by atoms with Gasteiger partial charge in [-0.25, -0.2) is 0 Å². The molecule has 0 radical (unpaired) electrons. The molecule has 0 N–H and O–H groups in total. The number of rotatable bonds is 0. The highest BCUT2D eigenvalue weighted by atomic mass is 14.3. The van der Waals surface area contributed by atoms with Crippen molar-refractivity contribution in [3.8, 4) is 0 Å². The molecule has 1 rings (SSSR count). The molecule has 0 heterocycles. The predicted molar refractivity (Wildman–Crippen MR) is 45.9 cm³/mol. The average Bonchev–Trinajstić information content (AvgIpc) is 1.82. The highest BCUT2D eigenvalue weighted by molar-refractivity contribution is 5.07. The molecule has 0 nitrogen and oxygen atoms in total. The fourth-order valence-corrected chi connectivity index (χ4v) is 1.88. The molecule has 0 bridgehead atoms. The van der Waals surface area contributed by atoms with Crippen molar-refractivity contribution in [1.29, 1.82) is 0 Å². The summed E-state index contributed by atoms with van der Waals surface area (Å²) in [5, 5.41) is 0. The van der Waals surface area contributed by atoms with Crippen LogP contribution in [-0.4, -0.2) is 0 Å². The average molecular weight is 138 g/mol. The summed E-state index contributed by atoms with van der Waals surface area (Å²) < 4.78 is 0. The molecule has 0 fully saturated rings. The summed E-state index contributed by atoms with van der Waals surface area (Å²) in [4.78, 5) is 0. The Morgan fingerprint density at radius 1 is 1.30 bits per heavy atom. The predicted octanol–water partition coefficient (Wildman–Crippen LogP) is 3.24. The first-order valence-corrected chi connectivity index (χ1v) is 4.28. The number of allylic oxidation sites excluding steroid dienone is 2. The fourth-order valence-electron chi connectivity index (χ4n) is 1.88. The lowest BCUT2D eigenvalue weighted by molar-refractivity contribution is 0.297. The second-order valence-electron chi connectivity index (χ2n) is 3.91. The molecule has 1 aliphatic carbocycles. The molecule has 1 aliphatic rings. The molecule has 3 atom stereocenters. The molecule has 0 aliphatic heterocycles. The Bertz CT molecular complexity index is 144. The maximum absolute atomic E-state index is 2.42. The Kier molecular flexibility index (Phi) is 2.18. The normalized spacial score (nSPS) is 41.2. The van der Waals surface area contributed by atoms with Crippen molar-refractivity contribution in [1.82, 2.24) is 0 Å². The van der Waals surface area contributed by atoms with Crippen LogP contribution in [0, 0.1) is 17.8 Å². The van der Waals surface area contributed by atoms with Gasteiger partial charge in [-0.2, -0.15) is 0 Å². The Morgan fingerprint density at radius 3 is 2.40 bits per heavy atom. The van der Waals surface area contributed by atoms with Crippen molar-refractivity contribution < 1.29 is 0 Å². The van der Waals surface area contributed by atoms with Crippen molar-refractivity contribution in [3.63, 3.8) is 0 Å². The SMILES string of the molecule is CC1=C[C@@H](C)[C@@H](C)[C@H](C)C1. The number of hydrogen-bond donors (Lipinski definition) is 0. The molecule has 0 unspecified atom stereocenters. The topological polar surface area (TPSA) is 0 Å². The monoisotopic (exact) mass is 138 g/mol. The first-order chi connectivity index (χ1) is 4.61. The van der Waals surface area contributed by atoms with Gasteiger partial charge in [-0.15, -0.1) is 0 Å². The van der Waals surface area contributed by atoms with E-state index >= 15 is 0 Å². The lowest BCUT2D eigenvalue weighted by atomic mass is 9.76. The minimum atomic E-state index is 0.795. The first kappa shape index (κ1) is 7.84. The van der Waals surface area contributed by atoms with Crippen LogP contribution in [0.3, 0.4) is 0 Å². The summed E-state index contributed by atoms with van der Waals surface area (Å²) >= 11 is 0. The van der Waals surface area contributed by atoms with Gasteiger partial charge in [0.15, 0.2) is 0 Å². The van der Waals surface area contributed by atoms with E-state index in [9.17, 15) is 0 Å². The Balaban J connectivity index is 2.69. The third-order valence-corrected chi connectivity index (χ3v) is 2.92. The molecule has 0 aromatic rings. The second-order valence-corrected chi connectivity index (χ2v) is 3.91. The van der Waals surface area contributed by atoms with Gasteiger partial charge in [0, 0.05) is 0 Å². The van der Waals surface area contributed by atoms with E-state index in [-0.39, 0.29) is 0 Å². The third kappa shape index (κ3) is 1.42. The lowest BCUT2D eigenvalue weighted by Gasteiger charge is -2.29. The Morgan fingerprint density at radius 2 is 1.90 bits per heavy atom. The molecule has 0 saturated carbocycles. The van der Waals surface area contributed by atoms with E-state index in [1.807, 2.05) is 0 Å². The van der Waals surface area contributed by atoms with Crippen LogP contribution in [0.2, 0.25) is 0 Å². The fraction of sp³-hybridized carbons (Fsp3) is 0.800. The number of hydrogen-bond acceptors (Lipinski definition) is 0. The van der Waals surface area contributed by atoms with E-state index in [1.165, 1.54) is 6.42 Å². The minimum absolute atomic E-state index is 0.795. The Hall–Kier alpha value is -0.260. The van der Waals surface area contributed by atoms with Gasteiger partial charge in [0.2, 0.25) is 0 Å². The van der Waals surface area contributed by atoms with Gasteiger partial charge in [0.25, 0.3) is 0 Å². The second kappa shape index (κ2) is 2.77. The van der Waals surface area contributed by atoms with E-state index in [4.69, 9.17) is 0 Å². The van der Waals surface area contributed by atoms with E-state index in [1.54, 1.807) is 5.57 Å². The summed E-state index contributed by atoms with van der Waals surface area (Å²) in [6.45, 7) is 9.29.